The molecule has 2 aromatic rings. The summed E-state index contributed by atoms with van der Waals surface area (Å²) in [6.45, 7) is 10.2. The first kappa shape index (κ1) is 21.2. The molecule has 0 amide bonds. The molecule has 0 aliphatic carbocycles. The van der Waals surface area contributed by atoms with Gasteiger partial charge >= 0.3 is 11.9 Å². The van der Waals surface area contributed by atoms with E-state index in [1.807, 2.05) is 0 Å². The number of rotatable bonds is 5. The molecule has 0 saturated heterocycles. The third kappa shape index (κ3) is 4.97. The predicted molar refractivity (Wildman–Crippen MR) is 104 cm³/mol. The summed E-state index contributed by atoms with van der Waals surface area (Å²) in [6.07, 6.45) is 0. The van der Waals surface area contributed by atoms with E-state index in [4.69, 9.17) is 14.2 Å². The van der Waals surface area contributed by atoms with Crippen molar-refractivity contribution in [1.29, 1.82) is 0 Å². The van der Waals surface area contributed by atoms with Crippen molar-refractivity contribution in [3.63, 3.8) is 0 Å². The number of hydrogen-bond donors (Lipinski definition) is 0. The maximum absolute atomic E-state index is 14.6. The second-order valence-corrected chi connectivity index (χ2v) is 7.31. The van der Waals surface area contributed by atoms with Crippen molar-refractivity contribution in [2.75, 3.05) is 7.11 Å². The second-order valence-electron chi connectivity index (χ2n) is 7.31. The number of halogens is 1. The summed E-state index contributed by atoms with van der Waals surface area (Å²) in [6, 6.07) is 8.76. The normalized spacial score (nSPS) is 10.9. The molecule has 0 heterocycles. The summed E-state index contributed by atoms with van der Waals surface area (Å²) in [5, 5.41) is 0. The highest BCUT2D eigenvalue weighted by Crippen LogP contribution is 2.36. The van der Waals surface area contributed by atoms with Crippen LogP contribution in [-0.2, 0) is 9.59 Å². The Kier molecular flexibility index (Phi) is 6.23. The minimum Gasteiger partial charge on any atom is -0.496 e. The highest BCUT2D eigenvalue weighted by molar-refractivity contribution is 5.89. The van der Waals surface area contributed by atoms with Crippen LogP contribution in [0, 0.1) is 11.2 Å². The molecular weight excluding hydrogens is 363 g/mol. The lowest BCUT2D eigenvalue weighted by molar-refractivity contribution is -0.143. The number of methoxy groups -OCH3 is 1. The molecule has 0 spiro atoms. The summed E-state index contributed by atoms with van der Waals surface area (Å²) in [4.78, 5) is 23.6. The molecule has 0 atom stereocenters. The molecular formula is C22H23FO5. The summed E-state index contributed by atoms with van der Waals surface area (Å²) in [5.74, 6) is -0.904. The lowest BCUT2D eigenvalue weighted by Crippen LogP contribution is -2.25. The zero-order valence-corrected chi connectivity index (χ0v) is 16.6. The van der Waals surface area contributed by atoms with Crippen molar-refractivity contribution in [3.05, 3.63) is 54.4 Å². The number of ether oxygens (including phenoxy) is 3. The van der Waals surface area contributed by atoms with Crippen molar-refractivity contribution < 1.29 is 28.2 Å². The standard InChI is InChI=1S/C22H23FO5/c1-13(2)20(24)27-14-7-9-16(18(23)11-14)17-10-8-15(12-19(17)26-6)28-21(25)22(3,4)5/h7-12H,1H2,2-6H3. The lowest BCUT2D eigenvalue weighted by Gasteiger charge is -2.17. The quantitative estimate of drug-likeness (QED) is 0.414. The zero-order chi connectivity index (χ0) is 21.1. The molecule has 6 heteroatoms. The topological polar surface area (TPSA) is 61.8 Å². The molecule has 28 heavy (non-hydrogen) atoms. The molecule has 148 valence electrons. The maximum Gasteiger partial charge on any atom is 0.338 e. The smallest absolute Gasteiger partial charge is 0.338 e. The number of esters is 2. The molecule has 0 aliphatic rings. The third-order valence-electron chi connectivity index (χ3n) is 3.79. The van der Waals surface area contributed by atoms with Gasteiger partial charge in [-0.2, -0.15) is 0 Å². The van der Waals surface area contributed by atoms with Crippen LogP contribution in [-0.4, -0.2) is 19.0 Å². The van der Waals surface area contributed by atoms with E-state index >= 15 is 0 Å². The zero-order valence-electron chi connectivity index (χ0n) is 16.6. The van der Waals surface area contributed by atoms with Gasteiger partial charge in [-0.25, -0.2) is 9.18 Å². The van der Waals surface area contributed by atoms with E-state index in [9.17, 15) is 14.0 Å². The van der Waals surface area contributed by atoms with Crippen LogP contribution in [0.25, 0.3) is 11.1 Å². The van der Waals surface area contributed by atoms with Crippen LogP contribution in [0.15, 0.2) is 48.6 Å². The Hall–Kier alpha value is -3.15. The largest absolute Gasteiger partial charge is 0.496 e. The molecule has 2 rings (SSSR count). The van der Waals surface area contributed by atoms with E-state index in [-0.39, 0.29) is 16.9 Å². The van der Waals surface area contributed by atoms with E-state index in [1.165, 1.54) is 32.2 Å². The summed E-state index contributed by atoms with van der Waals surface area (Å²) in [7, 11) is 1.44. The van der Waals surface area contributed by atoms with E-state index in [2.05, 4.69) is 6.58 Å². The van der Waals surface area contributed by atoms with Gasteiger partial charge in [-0.3, -0.25) is 4.79 Å². The van der Waals surface area contributed by atoms with Crippen LogP contribution in [0.5, 0.6) is 17.2 Å². The Balaban J connectivity index is 2.33. The van der Waals surface area contributed by atoms with Crippen LogP contribution >= 0.6 is 0 Å². The molecule has 0 aliphatic heterocycles. The molecule has 0 fully saturated rings. The Morgan fingerprint density at radius 1 is 0.964 bits per heavy atom. The monoisotopic (exact) mass is 386 g/mol. The summed E-state index contributed by atoms with van der Waals surface area (Å²) in [5.41, 5.74) is 0.273. The van der Waals surface area contributed by atoms with Crippen molar-refractivity contribution in [2.45, 2.75) is 27.7 Å². The third-order valence-corrected chi connectivity index (χ3v) is 3.79. The summed E-state index contributed by atoms with van der Waals surface area (Å²) >= 11 is 0. The van der Waals surface area contributed by atoms with Gasteiger partial charge < -0.3 is 14.2 Å². The minimum atomic E-state index is -0.658. The molecule has 0 saturated carbocycles. The van der Waals surface area contributed by atoms with Crippen LogP contribution in [0.4, 0.5) is 4.39 Å². The van der Waals surface area contributed by atoms with Gasteiger partial charge in [0.15, 0.2) is 0 Å². The van der Waals surface area contributed by atoms with E-state index < -0.39 is 23.2 Å². The average Bonchev–Trinajstić information content (AvgIpc) is 2.61. The Labute approximate surface area is 163 Å². The van der Waals surface area contributed by atoms with Crippen molar-refractivity contribution in [3.8, 4) is 28.4 Å². The molecule has 0 N–H and O–H groups in total. The fourth-order valence-electron chi connectivity index (χ4n) is 2.19. The van der Waals surface area contributed by atoms with E-state index in [0.717, 1.165) is 6.07 Å². The first-order chi connectivity index (χ1) is 13.0. The van der Waals surface area contributed by atoms with Crippen LogP contribution in [0.1, 0.15) is 27.7 Å². The van der Waals surface area contributed by atoms with Gasteiger partial charge in [0.1, 0.15) is 23.1 Å². The molecule has 5 nitrogen and oxygen atoms in total. The fraction of sp³-hybridized carbons (Fsp3) is 0.273. The van der Waals surface area contributed by atoms with Gasteiger partial charge in [-0.05, 0) is 52.0 Å². The first-order valence-corrected chi connectivity index (χ1v) is 8.61. The number of benzene rings is 2. The number of carbonyl (C=O) groups excluding carboxylic acids is 2. The van der Waals surface area contributed by atoms with Crippen LogP contribution in [0.2, 0.25) is 0 Å². The molecule has 0 bridgehead atoms. The fourth-order valence-corrected chi connectivity index (χ4v) is 2.19. The molecule has 0 unspecified atom stereocenters. The highest BCUT2D eigenvalue weighted by atomic mass is 19.1. The SMILES string of the molecule is C=C(C)C(=O)Oc1ccc(-c2ccc(OC(=O)C(C)(C)C)cc2OC)c(F)c1. The first-order valence-electron chi connectivity index (χ1n) is 8.61. The van der Waals surface area contributed by atoms with Gasteiger partial charge in [0.05, 0.1) is 12.5 Å². The van der Waals surface area contributed by atoms with Crippen LogP contribution < -0.4 is 14.2 Å². The van der Waals surface area contributed by atoms with Gasteiger partial charge in [0, 0.05) is 28.8 Å². The van der Waals surface area contributed by atoms with Crippen molar-refractivity contribution in [2.24, 2.45) is 5.41 Å². The number of hydrogen-bond acceptors (Lipinski definition) is 5. The van der Waals surface area contributed by atoms with Gasteiger partial charge in [-0.15, -0.1) is 0 Å². The van der Waals surface area contributed by atoms with Crippen molar-refractivity contribution >= 4 is 11.9 Å². The summed E-state index contributed by atoms with van der Waals surface area (Å²) < 4.78 is 30.3. The molecule has 0 radical (unpaired) electrons. The van der Waals surface area contributed by atoms with E-state index in [0.29, 0.717) is 17.1 Å². The molecule has 2 aromatic carbocycles. The van der Waals surface area contributed by atoms with Crippen molar-refractivity contribution in [1.82, 2.24) is 0 Å². The van der Waals surface area contributed by atoms with Gasteiger partial charge in [-0.1, -0.05) is 6.58 Å². The Bertz CT molecular complexity index is 925. The number of carbonyl (C=O) groups is 2. The Morgan fingerprint density at radius 2 is 1.54 bits per heavy atom. The van der Waals surface area contributed by atoms with E-state index in [1.54, 1.807) is 32.9 Å². The Morgan fingerprint density at radius 3 is 2.04 bits per heavy atom. The minimum absolute atomic E-state index is 0.0731. The molecule has 0 aromatic heterocycles. The lowest BCUT2D eigenvalue weighted by atomic mass is 9.97. The average molecular weight is 386 g/mol. The van der Waals surface area contributed by atoms with Crippen LogP contribution in [0.3, 0.4) is 0 Å². The van der Waals surface area contributed by atoms with Gasteiger partial charge in [0.2, 0.25) is 0 Å². The maximum atomic E-state index is 14.6. The predicted octanol–water partition coefficient (Wildman–Crippen LogP) is 4.93. The van der Waals surface area contributed by atoms with Gasteiger partial charge in [0.25, 0.3) is 0 Å². The second kappa shape index (κ2) is 8.25. The highest BCUT2D eigenvalue weighted by Gasteiger charge is 2.24.